The van der Waals surface area contributed by atoms with Crippen LogP contribution in [0.3, 0.4) is 0 Å². The van der Waals surface area contributed by atoms with Crippen molar-refractivity contribution in [3.05, 3.63) is 11.7 Å². The van der Waals surface area contributed by atoms with E-state index in [4.69, 9.17) is 10.3 Å². The van der Waals surface area contributed by atoms with Gasteiger partial charge in [-0.15, -0.1) is 0 Å². The van der Waals surface area contributed by atoms with Gasteiger partial charge in [-0.05, 0) is 31.1 Å². The molecular formula is C10H17N3OS. The van der Waals surface area contributed by atoms with Crippen molar-refractivity contribution in [3.63, 3.8) is 0 Å². The molecule has 5 heteroatoms. The van der Waals surface area contributed by atoms with Gasteiger partial charge in [0.25, 0.3) is 0 Å². The minimum atomic E-state index is 0.556. The molecule has 84 valence electrons. The van der Waals surface area contributed by atoms with E-state index >= 15 is 0 Å². The van der Waals surface area contributed by atoms with Crippen molar-refractivity contribution < 1.29 is 4.52 Å². The van der Waals surface area contributed by atoms with Gasteiger partial charge in [0.15, 0.2) is 5.82 Å². The summed E-state index contributed by atoms with van der Waals surface area (Å²) in [6, 6.07) is 0. The van der Waals surface area contributed by atoms with E-state index in [0.717, 1.165) is 29.8 Å². The molecule has 0 radical (unpaired) electrons. The summed E-state index contributed by atoms with van der Waals surface area (Å²) in [6.45, 7) is 2.89. The van der Waals surface area contributed by atoms with Gasteiger partial charge in [-0.3, -0.25) is 0 Å². The van der Waals surface area contributed by atoms with Crippen LogP contribution in [0.5, 0.6) is 0 Å². The summed E-state index contributed by atoms with van der Waals surface area (Å²) in [5.74, 6) is 4.65. The lowest BCUT2D eigenvalue weighted by Gasteiger charge is -2.05. The first-order valence-electron chi connectivity index (χ1n) is 5.40. The minimum absolute atomic E-state index is 0.556. The van der Waals surface area contributed by atoms with Gasteiger partial charge < -0.3 is 10.3 Å². The highest BCUT2D eigenvalue weighted by molar-refractivity contribution is 7.98. The Labute approximate surface area is 94.0 Å². The number of hydrogen-bond donors (Lipinski definition) is 1. The molecule has 15 heavy (non-hydrogen) atoms. The number of hydrogen-bond acceptors (Lipinski definition) is 5. The van der Waals surface area contributed by atoms with Gasteiger partial charge in [0.1, 0.15) is 0 Å². The molecule has 1 aromatic rings. The highest BCUT2D eigenvalue weighted by Crippen LogP contribution is 2.38. The molecule has 0 spiro atoms. The Balaban J connectivity index is 1.73. The van der Waals surface area contributed by atoms with E-state index < -0.39 is 0 Å². The monoisotopic (exact) mass is 227 g/mol. The highest BCUT2D eigenvalue weighted by atomic mass is 32.2. The average molecular weight is 227 g/mol. The number of aromatic nitrogens is 2. The molecule has 2 N–H and O–H groups in total. The van der Waals surface area contributed by atoms with Crippen LogP contribution in [-0.4, -0.2) is 22.4 Å². The number of nitrogens with two attached hydrogens (primary N) is 1. The van der Waals surface area contributed by atoms with Crippen LogP contribution in [0.25, 0.3) is 0 Å². The maximum Gasteiger partial charge on any atom is 0.236 e. The third-order valence-electron chi connectivity index (χ3n) is 2.46. The van der Waals surface area contributed by atoms with Gasteiger partial charge in [0, 0.05) is 5.92 Å². The SMILES string of the molecule is CC(CN)CSCc1nc(C2CC2)no1. The smallest absolute Gasteiger partial charge is 0.236 e. The van der Waals surface area contributed by atoms with E-state index in [-0.39, 0.29) is 0 Å². The van der Waals surface area contributed by atoms with E-state index in [1.54, 1.807) is 0 Å². The maximum atomic E-state index is 5.54. The van der Waals surface area contributed by atoms with Crippen molar-refractivity contribution in [1.82, 2.24) is 10.1 Å². The molecule has 1 fully saturated rings. The Morgan fingerprint density at radius 1 is 1.60 bits per heavy atom. The van der Waals surface area contributed by atoms with Crippen molar-refractivity contribution in [2.45, 2.75) is 31.4 Å². The predicted octanol–water partition coefficient (Wildman–Crippen LogP) is 1.78. The van der Waals surface area contributed by atoms with E-state index in [9.17, 15) is 0 Å². The Bertz CT molecular complexity index is 311. The Morgan fingerprint density at radius 2 is 2.40 bits per heavy atom. The molecule has 1 saturated carbocycles. The van der Waals surface area contributed by atoms with Crippen molar-refractivity contribution in [2.75, 3.05) is 12.3 Å². The molecule has 0 saturated heterocycles. The largest absolute Gasteiger partial charge is 0.338 e. The topological polar surface area (TPSA) is 64.9 Å². The van der Waals surface area contributed by atoms with E-state index in [1.165, 1.54) is 12.8 Å². The maximum absolute atomic E-state index is 5.54. The second-order valence-corrected chi connectivity index (χ2v) is 5.21. The Morgan fingerprint density at radius 3 is 3.07 bits per heavy atom. The van der Waals surface area contributed by atoms with Crippen molar-refractivity contribution >= 4 is 11.8 Å². The van der Waals surface area contributed by atoms with Crippen LogP contribution < -0.4 is 5.73 Å². The quantitative estimate of drug-likeness (QED) is 0.802. The third-order valence-corrected chi connectivity index (χ3v) is 3.71. The molecule has 0 aromatic carbocycles. The summed E-state index contributed by atoms with van der Waals surface area (Å²) in [5, 5.41) is 3.97. The summed E-state index contributed by atoms with van der Waals surface area (Å²) >= 11 is 1.81. The molecule has 1 aliphatic rings. The van der Waals surface area contributed by atoms with Gasteiger partial charge >= 0.3 is 0 Å². The lowest BCUT2D eigenvalue weighted by molar-refractivity contribution is 0.385. The van der Waals surface area contributed by atoms with Gasteiger partial charge in [0.05, 0.1) is 5.75 Å². The summed E-state index contributed by atoms with van der Waals surface area (Å²) in [6.07, 6.45) is 2.44. The van der Waals surface area contributed by atoms with Gasteiger partial charge in [0.2, 0.25) is 5.89 Å². The van der Waals surface area contributed by atoms with Crippen LogP contribution in [0.4, 0.5) is 0 Å². The lowest BCUT2D eigenvalue weighted by Crippen LogP contribution is -2.12. The molecule has 1 unspecified atom stereocenters. The van der Waals surface area contributed by atoms with Crippen LogP contribution in [0.1, 0.15) is 37.4 Å². The molecule has 1 aliphatic carbocycles. The molecule has 0 aliphatic heterocycles. The highest BCUT2D eigenvalue weighted by Gasteiger charge is 2.28. The third kappa shape index (κ3) is 3.21. The first-order chi connectivity index (χ1) is 7.29. The minimum Gasteiger partial charge on any atom is -0.338 e. The molecule has 1 heterocycles. The van der Waals surface area contributed by atoms with Gasteiger partial charge in [-0.1, -0.05) is 12.1 Å². The van der Waals surface area contributed by atoms with Crippen LogP contribution in [0.15, 0.2) is 4.52 Å². The standard InChI is InChI=1S/C10H17N3OS/c1-7(4-11)5-15-6-9-12-10(13-14-9)8-2-3-8/h7-8H,2-6,11H2,1H3. The Kier molecular flexibility index (Phi) is 3.64. The molecule has 0 amide bonds. The molecule has 4 nitrogen and oxygen atoms in total. The van der Waals surface area contributed by atoms with Crippen LogP contribution in [0.2, 0.25) is 0 Å². The van der Waals surface area contributed by atoms with Crippen LogP contribution in [0, 0.1) is 5.92 Å². The molecule has 0 bridgehead atoms. The first-order valence-corrected chi connectivity index (χ1v) is 6.55. The summed E-state index contributed by atoms with van der Waals surface area (Å²) in [7, 11) is 0. The molecule has 2 rings (SSSR count). The molecular weight excluding hydrogens is 210 g/mol. The summed E-state index contributed by atoms with van der Waals surface area (Å²) < 4.78 is 5.17. The zero-order valence-electron chi connectivity index (χ0n) is 8.98. The van der Waals surface area contributed by atoms with Crippen molar-refractivity contribution in [3.8, 4) is 0 Å². The Hall–Kier alpha value is -0.550. The van der Waals surface area contributed by atoms with Gasteiger partial charge in [-0.2, -0.15) is 16.7 Å². The first kappa shape index (κ1) is 11.0. The second kappa shape index (κ2) is 4.99. The lowest BCUT2D eigenvalue weighted by atomic mass is 10.2. The fourth-order valence-corrected chi connectivity index (χ4v) is 2.20. The number of nitrogens with zero attached hydrogens (tertiary/aromatic N) is 2. The summed E-state index contributed by atoms with van der Waals surface area (Å²) in [5.41, 5.74) is 5.54. The summed E-state index contributed by atoms with van der Waals surface area (Å²) in [4.78, 5) is 4.37. The van der Waals surface area contributed by atoms with Crippen LogP contribution in [-0.2, 0) is 5.75 Å². The van der Waals surface area contributed by atoms with E-state index in [0.29, 0.717) is 11.8 Å². The van der Waals surface area contributed by atoms with Gasteiger partial charge in [-0.25, -0.2) is 0 Å². The number of thioether (sulfide) groups is 1. The fraction of sp³-hybridized carbons (Fsp3) is 0.800. The predicted molar refractivity (Wildman–Crippen MR) is 60.7 cm³/mol. The molecule has 1 aromatic heterocycles. The van der Waals surface area contributed by atoms with E-state index in [2.05, 4.69) is 17.1 Å². The van der Waals surface area contributed by atoms with Crippen LogP contribution >= 0.6 is 11.8 Å². The van der Waals surface area contributed by atoms with Crippen molar-refractivity contribution in [2.24, 2.45) is 11.7 Å². The fourth-order valence-electron chi connectivity index (χ4n) is 1.25. The zero-order valence-corrected chi connectivity index (χ0v) is 9.80. The average Bonchev–Trinajstić information content (AvgIpc) is 2.99. The van der Waals surface area contributed by atoms with Crippen molar-refractivity contribution in [1.29, 1.82) is 0 Å². The second-order valence-electron chi connectivity index (χ2n) is 4.18. The number of rotatable bonds is 6. The van der Waals surface area contributed by atoms with E-state index in [1.807, 2.05) is 11.8 Å². The molecule has 1 atom stereocenters. The normalized spacial score (nSPS) is 18.0. The zero-order chi connectivity index (χ0) is 10.7.